The predicted octanol–water partition coefficient (Wildman–Crippen LogP) is 6.55. The molecule has 0 bridgehead atoms. The molecule has 0 aliphatic heterocycles. The van der Waals surface area contributed by atoms with Gasteiger partial charge in [-0.3, -0.25) is 0 Å². The average molecular weight is 328 g/mol. The number of aliphatic carboxylic acids is 1. The van der Waals surface area contributed by atoms with Crippen molar-refractivity contribution < 1.29 is 9.90 Å². The number of hydrogen-bond donors (Lipinski definition) is 1. The fourth-order valence-corrected chi connectivity index (χ4v) is 2.01. The van der Waals surface area contributed by atoms with Crippen LogP contribution in [0.25, 0.3) is 0 Å². The van der Waals surface area contributed by atoms with Crippen LogP contribution < -0.4 is 0 Å². The molecular formula is C22H32O2. The van der Waals surface area contributed by atoms with Crippen LogP contribution in [0.4, 0.5) is 0 Å². The standard InChI is InChI=1S/C22H32O2/c1-2-3-4-5-6-7-8-9-10-11-12-13-14-15-16-17-18-19-20-21-22(23)24/h9-18,20-21H,2-8,19H2,1H3,(H,23,24). The monoisotopic (exact) mass is 328 g/mol. The van der Waals surface area contributed by atoms with E-state index in [0.29, 0.717) is 6.42 Å². The molecule has 0 fully saturated rings. The van der Waals surface area contributed by atoms with Gasteiger partial charge in [0, 0.05) is 6.08 Å². The summed E-state index contributed by atoms with van der Waals surface area (Å²) in [4.78, 5) is 10.2. The van der Waals surface area contributed by atoms with Gasteiger partial charge in [0.1, 0.15) is 0 Å². The molecule has 0 saturated carbocycles. The van der Waals surface area contributed by atoms with Crippen molar-refractivity contribution in [2.24, 2.45) is 0 Å². The number of carboxylic acids is 1. The van der Waals surface area contributed by atoms with E-state index in [1.165, 1.54) is 44.9 Å². The SMILES string of the molecule is CCCCCCCCC=CC=CC=CC=CC=CCC=CC(=O)O. The van der Waals surface area contributed by atoms with E-state index in [1.54, 1.807) is 6.08 Å². The Balaban J connectivity index is 3.59. The lowest BCUT2D eigenvalue weighted by Gasteiger charge is -1.97. The third-order valence-electron chi connectivity index (χ3n) is 3.31. The molecule has 0 aliphatic carbocycles. The van der Waals surface area contributed by atoms with Crippen molar-refractivity contribution in [2.75, 3.05) is 0 Å². The van der Waals surface area contributed by atoms with Gasteiger partial charge in [0.15, 0.2) is 0 Å². The topological polar surface area (TPSA) is 37.3 Å². The van der Waals surface area contributed by atoms with Gasteiger partial charge in [0.2, 0.25) is 0 Å². The van der Waals surface area contributed by atoms with Crippen molar-refractivity contribution in [1.82, 2.24) is 0 Å². The first kappa shape index (κ1) is 21.9. The fraction of sp³-hybridized carbons (Fsp3) is 0.409. The molecular weight excluding hydrogens is 296 g/mol. The number of rotatable bonds is 14. The molecule has 0 aromatic rings. The van der Waals surface area contributed by atoms with Crippen LogP contribution in [0.3, 0.4) is 0 Å². The molecule has 132 valence electrons. The average Bonchev–Trinajstić information content (AvgIpc) is 2.56. The van der Waals surface area contributed by atoms with Crippen molar-refractivity contribution in [2.45, 2.75) is 58.3 Å². The van der Waals surface area contributed by atoms with Crippen molar-refractivity contribution in [3.63, 3.8) is 0 Å². The van der Waals surface area contributed by atoms with Gasteiger partial charge >= 0.3 is 5.97 Å². The van der Waals surface area contributed by atoms with Crippen molar-refractivity contribution in [3.05, 3.63) is 72.9 Å². The lowest BCUT2D eigenvalue weighted by atomic mass is 10.1. The summed E-state index contributed by atoms with van der Waals surface area (Å²) in [7, 11) is 0. The quantitative estimate of drug-likeness (QED) is 0.223. The molecule has 0 aromatic heterocycles. The molecule has 0 unspecified atom stereocenters. The summed E-state index contributed by atoms with van der Waals surface area (Å²) < 4.78 is 0. The molecule has 2 heteroatoms. The van der Waals surface area contributed by atoms with E-state index in [9.17, 15) is 4.79 Å². The van der Waals surface area contributed by atoms with Crippen molar-refractivity contribution in [1.29, 1.82) is 0 Å². The molecule has 0 atom stereocenters. The highest BCUT2D eigenvalue weighted by molar-refractivity contribution is 5.79. The first-order valence-corrected chi connectivity index (χ1v) is 8.98. The summed E-state index contributed by atoms with van der Waals surface area (Å²) in [5, 5.41) is 8.41. The maximum Gasteiger partial charge on any atom is 0.327 e. The Hall–Kier alpha value is -2.09. The van der Waals surface area contributed by atoms with Crippen LogP contribution in [-0.4, -0.2) is 11.1 Å². The second-order valence-electron chi connectivity index (χ2n) is 5.54. The van der Waals surface area contributed by atoms with Gasteiger partial charge in [0.25, 0.3) is 0 Å². The van der Waals surface area contributed by atoms with Gasteiger partial charge in [-0.05, 0) is 19.3 Å². The van der Waals surface area contributed by atoms with E-state index in [4.69, 9.17) is 5.11 Å². The highest BCUT2D eigenvalue weighted by Crippen LogP contribution is 2.07. The summed E-state index contributed by atoms with van der Waals surface area (Å²) >= 11 is 0. The minimum Gasteiger partial charge on any atom is -0.478 e. The zero-order valence-corrected chi connectivity index (χ0v) is 14.9. The largest absolute Gasteiger partial charge is 0.478 e. The minimum atomic E-state index is -0.908. The van der Waals surface area contributed by atoms with Gasteiger partial charge < -0.3 is 5.11 Å². The lowest BCUT2D eigenvalue weighted by Crippen LogP contribution is -1.84. The number of carbonyl (C=O) groups is 1. The Kier molecular flexibility index (Phi) is 17.3. The summed E-state index contributed by atoms with van der Waals surface area (Å²) in [6.07, 6.45) is 32.7. The number of allylic oxidation sites excluding steroid dienone is 11. The highest BCUT2D eigenvalue weighted by Gasteiger charge is 1.87. The third kappa shape index (κ3) is 19.9. The van der Waals surface area contributed by atoms with Crippen LogP contribution >= 0.6 is 0 Å². The molecule has 0 aromatic carbocycles. The molecule has 0 heterocycles. The number of carboxylic acid groups (broad SMARTS) is 1. The Morgan fingerprint density at radius 1 is 0.708 bits per heavy atom. The molecule has 0 rings (SSSR count). The third-order valence-corrected chi connectivity index (χ3v) is 3.31. The Bertz CT molecular complexity index is 462. The van der Waals surface area contributed by atoms with Crippen LogP contribution in [0.5, 0.6) is 0 Å². The van der Waals surface area contributed by atoms with Gasteiger partial charge in [-0.15, -0.1) is 0 Å². The Morgan fingerprint density at radius 3 is 1.88 bits per heavy atom. The van der Waals surface area contributed by atoms with E-state index in [1.807, 2.05) is 48.6 Å². The van der Waals surface area contributed by atoms with Gasteiger partial charge in [0.05, 0.1) is 0 Å². The van der Waals surface area contributed by atoms with Crippen LogP contribution in [-0.2, 0) is 4.79 Å². The molecule has 0 aliphatic rings. The first-order chi connectivity index (χ1) is 11.8. The van der Waals surface area contributed by atoms with Gasteiger partial charge in [-0.25, -0.2) is 4.79 Å². The van der Waals surface area contributed by atoms with Crippen molar-refractivity contribution in [3.8, 4) is 0 Å². The molecule has 0 radical (unpaired) electrons. The maximum absolute atomic E-state index is 10.2. The number of hydrogen-bond acceptors (Lipinski definition) is 1. The summed E-state index contributed by atoms with van der Waals surface area (Å²) in [5.41, 5.74) is 0. The van der Waals surface area contributed by atoms with Crippen molar-refractivity contribution >= 4 is 5.97 Å². The Morgan fingerprint density at radius 2 is 1.25 bits per heavy atom. The second kappa shape index (κ2) is 19.0. The van der Waals surface area contributed by atoms with Gasteiger partial charge in [-0.2, -0.15) is 0 Å². The second-order valence-corrected chi connectivity index (χ2v) is 5.54. The van der Waals surface area contributed by atoms with E-state index in [2.05, 4.69) is 19.1 Å². The summed E-state index contributed by atoms with van der Waals surface area (Å²) in [6, 6.07) is 0. The summed E-state index contributed by atoms with van der Waals surface area (Å²) in [5.74, 6) is -0.908. The molecule has 0 amide bonds. The molecule has 0 spiro atoms. The zero-order valence-electron chi connectivity index (χ0n) is 14.9. The molecule has 2 nitrogen and oxygen atoms in total. The van der Waals surface area contributed by atoms with E-state index >= 15 is 0 Å². The molecule has 24 heavy (non-hydrogen) atoms. The van der Waals surface area contributed by atoms with E-state index < -0.39 is 5.97 Å². The normalized spacial score (nSPS) is 13.0. The van der Waals surface area contributed by atoms with Crippen LogP contribution in [0, 0.1) is 0 Å². The summed E-state index contributed by atoms with van der Waals surface area (Å²) in [6.45, 7) is 2.25. The molecule has 1 N–H and O–H groups in total. The predicted molar refractivity (Wildman–Crippen MR) is 105 cm³/mol. The highest BCUT2D eigenvalue weighted by atomic mass is 16.4. The van der Waals surface area contributed by atoms with E-state index in [0.717, 1.165) is 6.08 Å². The molecule has 0 saturated heterocycles. The zero-order chi connectivity index (χ0) is 17.7. The van der Waals surface area contributed by atoms with Gasteiger partial charge in [-0.1, -0.05) is 106 Å². The smallest absolute Gasteiger partial charge is 0.327 e. The lowest BCUT2D eigenvalue weighted by molar-refractivity contribution is -0.131. The first-order valence-electron chi connectivity index (χ1n) is 8.98. The van der Waals surface area contributed by atoms with Crippen LogP contribution in [0.1, 0.15) is 58.3 Å². The minimum absolute atomic E-state index is 0.629. The maximum atomic E-state index is 10.2. The Labute approximate surface area is 147 Å². The van der Waals surface area contributed by atoms with Crippen LogP contribution in [0.2, 0.25) is 0 Å². The van der Waals surface area contributed by atoms with E-state index in [-0.39, 0.29) is 0 Å². The van der Waals surface area contributed by atoms with Crippen LogP contribution in [0.15, 0.2) is 72.9 Å². The fourth-order valence-electron chi connectivity index (χ4n) is 2.01. The number of unbranched alkanes of at least 4 members (excludes halogenated alkanes) is 6.